The topological polar surface area (TPSA) is 55.4 Å². The van der Waals surface area contributed by atoms with E-state index in [2.05, 4.69) is 42.2 Å². The van der Waals surface area contributed by atoms with Gasteiger partial charge in [-0.15, -0.1) is 0 Å². The van der Waals surface area contributed by atoms with Crippen molar-refractivity contribution < 1.29 is 14.3 Å². The average molecular weight is 369 g/mol. The summed E-state index contributed by atoms with van der Waals surface area (Å²) in [6.45, 7) is 3.84. The zero-order chi connectivity index (χ0) is 18.7. The molecule has 1 aliphatic rings. The summed E-state index contributed by atoms with van der Waals surface area (Å²) < 4.78 is 5.47. The van der Waals surface area contributed by atoms with E-state index < -0.39 is 12.1 Å². The molecule has 0 fully saturated rings. The fraction of sp³-hybridized carbons (Fsp3) is 0.333. The van der Waals surface area contributed by atoms with Crippen molar-refractivity contribution in [3.05, 3.63) is 59.7 Å². The standard InChI is InChI=1S/C21H23NO3S/c1-13(2)20(23)19(12-26)22-21(24)25-11-18-16-9-5-3-7-14(16)15-8-4-6-10-17(15)18/h3-10,13,18-19,26H,11-12H2,1-2H3,(H,22,24). The van der Waals surface area contributed by atoms with Crippen LogP contribution in [0.3, 0.4) is 0 Å². The molecule has 2 aromatic carbocycles. The van der Waals surface area contributed by atoms with Gasteiger partial charge < -0.3 is 10.1 Å². The van der Waals surface area contributed by atoms with Crippen LogP contribution in [0.4, 0.5) is 4.79 Å². The van der Waals surface area contributed by atoms with E-state index >= 15 is 0 Å². The molecule has 1 unspecified atom stereocenters. The Morgan fingerprint density at radius 3 is 2.08 bits per heavy atom. The summed E-state index contributed by atoms with van der Waals surface area (Å²) in [5, 5.41) is 2.63. The highest BCUT2D eigenvalue weighted by atomic mass is 32.1. The number of benzene rings is 2. The van der Waals surface area contributed by atoms with Crippen molar-refractivity contribution in [2.75, 3.05) is 12.4 Å². The van der Waals surface area contributed by atoms with Gasteiger partial charge >= 0.3 is 6.09 Å². The number of hydrogen-bond donors (Lipinski definition) is 2. The average Bonchev–Trinajstić information content (AvgIpc) is 2.98. The molecule has 0 heterocycles. The van der Waals surface area contributed by atoms with Crippen molar-refractivity contribution >= 4 is 24.5 Å². The van der Waals surface area contributed by atoms with Gasteiger partial charge in [0.05, 0.1) is 6.04 Å². The molecule has 5 heteroatoms. The van der Waals surface area contributed by atoms with Gasteiger partial charge in [-0.3, -0.25) is 4.79 Å². The third-order valence-electron chi connectivity index (χ3n) is 4.73. The number of alkyl carbamates (subject to hydrolysis) is 1. The van der Waals surface area contributed by atoms with Gasteiger partial charge in [0.15, 0.2) is 5.78 Å². The van der Waals surface area contributed by atoms with E-state index in [1.165, 1.54) is 11.1 Å². The predicted molar refractivity (Wildman–Crippen MR) is 106 cm³/mol. The summed E-state index contributed by atoms with van der Waals surface area (Å²) in [4.78, 5) is 24.3. The summed E-state index contributed by atoms with van der Waals surface area (Å²) in [5.41, 5.74) is 4.68. The second-order valence-electron chi connectivity index (χ2n) is 6.76. The van der Waals surface area contributed by atoms with Crippen LogP contribution in [-0.2, 0) is 9.53 Å². The maximum Gasteiger partial charge on any atom is 0.407 e. The summed E-state index contributed by atoms with van der Waals surface area (Å²) >= 11 is 4.16. The molecule has 3 rings (SSSR count). The number of ketones is 1. The lowest BCUT2D eigenvalue weighted by Crippen LogP contribution is -2.44. The molecular weight excluding hydrogens is 346 g/mol. The van der Waals surface area contributed by atoms with Crippen LogP contribution in [0.25, 0.3) is 11.1 Å². The molecule has 136 valence electrons. The van der Waals surface area contributed by atoms with Crippen molar-refractivity contribution in [2.45, 2.75) is 25.8 Å². The van der Waals surface area contributed by atoms with Crippen molar-refractivity contribution in [1.29, 1.82) is 0 Å². The second kappa shape index (κ2) is 7.96. The zero-order valence-corrected chi connectivity index (χ0v) is 15.8. The molecule has 0 aliphatic heterocycles. The van der Waals surface area contributed by atoms with Crippen LogP contribution >= 0.6 is 12.6 Å². The summed E-state index contributed by atoms with van der Waals surface area (Å²) in [6.07, 6.45) is -0.583. The van der Waals surface area contributed by atoms with Gasteiger partial charge in [-0.05, 0) is 22.3 Å². The van der Waals surface area contributed by atoms with E-state index in [1.54, 1.807) is 13.8 Å². The van der Waals surface area contributed by atoms with Crippen molar-refractivity contribution in [3.63, 3.8) is 0 Å². The first kappa shape index (κ1) is 18.5. The molecule has 1 N–H and O–H groups in total. The van der Waals surface area contributed by atoms with Gasteiger partial charge in [-0.1, -0.05) is 62.4 Å². The Kier molecular flexibility index (Phi) is 5.67. The molecule has 4 nitrogen and oxygen atoms in total. The number of fused-ring (bicyclic) bond motifs is 3. The number of amides is 1. The minimum absolute atomic E-state index is 0.00315. The Bertz CT molecular complexity index is 773. The monoisotopic (exact) mass is 369 g/mol. The lowest BCUT2D eigenvalue weighted by atomic mass is 9.98. The maximum atomic E-state index is 12.2. The van der Waals surface area contributed by atoms with Crippen LogP contribution in [0.1, 0.15) is 30.9 Å². The lowest BCUT2D eigenvalue weighted by molar-refractivity contribution is -0.123. The van der Waals surface area contributed by atoms with Crippen LogP contribution in [0.2, 0.25) is 0 Å². The third kappa shape index (κ3) is 3.63. The number of carbonyl (C=O) groups is 2. The maximum absolute atomic E-state index is 12.2. The molecule has 2 aromatic rings. The van der Waals surface area contributed by atoms with E-state index in [-0.39, 0.29) is 30.0 Å². The molecule has 0 saturated heterocycles. The van der Waals surface area contributed by atoms with E-state index in [0.717, 1.165) is 11.1 Å². The van der Waals surface area contributed by atoms with Gasteiger partial charge in [0.2, 0.25) is 0 Å². The van der Waals surface area contributed by atoms with E-state index in [0.29, 0.717) is 0 Å². The molecule has 1 aliphatic carbocycles. The summed E-state index contributed by atoms with van der Waals surface area (Å²) in [6, 6.07) is 15.7. The van der Waals surface area contributed by atoms with Gasteiger partial charge in [0.25, 0.3) is 0 Å². The number of rotatable bonds is 6. The molecule has 0 radical (unpaired) electrons. The number of ether oxygens (including phenoxy) is 1. The number of Topliss-reactive ketones (excluding diaryl/α,β-unsaturated/α-hetero) is 1. The molecular formula is C21H23NO3S. The smallest absolute Gasteiger partial charge is 0.407 e. The number of carbonyl (C=O) groups excluding carboxylic acids is 2. The first-order valence-corrected chi connectivity index (χ1v) is 9.42. The minimum Gasteiger partial charge on any atom is -0.449 e. The highest BCUT2D eigenvalue weighted by molar-refractivity contribution is 7.80. The van der Waals surface area contributed by atoms with Crippen molar-refractivity contribution in [3.8, 4) is 11.1 Å². The van der Waals surface area contributed by atoms with Gasteiger partial charge in [-0.25, -0.2) is 4.79 Å². The molecule has 1 atom stereocenters. The molecule has 26 heavy (non-hydrogen) atoms. The molecule has 0 aromatic heterocycles. The molecule has 0 saturated carbocycles. The third-order valence-corrected chi connectivity index (χ3v) is 5.10. The Morgan fingerprint density at radius 1 is 1.04 bits per heavy atom. The fourth-order valence-corrected chi connectivity index (χ4v) is 3.66. The Balaban J connectivity index is 1.70. The van der Waals surface area contributed by atoms with Crippen LogP contribution in [0, 0.1) is 5.92 Å². The van der Waals surface area contributed by atoms with Crippen molar-refractivity contribution in [1.82, 2.24) is 5.32 Å². The Hall–Kier alpha value is -2.27. The van der Waals surface area contributed by atoms with Gasteiger partial charge in [0.1, 0.15) is 6.61 Å². The largest absolute Gasteiger partial charge is 0.449 e. The number of nitrogens with one attached hydrogen (secondary N) is 1. The highest BCUT2D eigenvalue weighted by Crippen LogP contribution is 2.44. The first-order valence-electron chi connectivity index (χ1n) is 8.79. The van der Waals surface area contributed by atoms with Crippen molar-refractivity contribution in [2.24, 2.45) is 5.92 Å². The predicted octanol–water partition coefficient (Wildman–Crippen LogP) is 4.05. The SMILES string of the molecule is CC(C)C(=O)C(CS)NC(=O)OCC1c2ccccc2-c2ccccc21. The molecule has 0 spiro atoms. The van der Waals surface area contributed by atoms with E-state index in [9.17, 15) is 9.59 Å². The van der Waals surface area contributed by atoms with Crippen LogP contribution in [-0.4, -0.2) is 30.3 Å². The normalized spacial score (nSPS) is 13.8. The first-order chi connectivity index (χ1) is 12.5. The fourth-order valence-electron chi connectivity index (χ4n) is 3.39. The Labute approximate surface area is 159 Å². The summed E-state index contributed by atoms with van der Waals surface area (Å²) in [5.74, 6) is 0.0410. The molecule has 0 bridgehead atoms. The van der Waals surface area contributed by atoms with Gasteiger partial charge in [-0.2, -0.15) is 12.6 Å². The zero-order valence-electron chi connectivity index (χ0n) is 14.9. The second-order valence-corrected chi connectivity index (χ2v) is 7.13. The van der Waals surface area contributed by atoms with E-state index in [1.807, 2.05) is 24.3 Å². The van der Waals surface area contributed by atoms with Crippen LogP contribution in [0.5, 0.6) is 0 Å². The van der Waals surface area contributed by atoms with Gasteiger partial charge in [0, 0.05) is 17.6 Å². The van der Waals surface area contributed by atoms with Crippen LogP contribution in [0.15, 0.2) is 48.5 Å². The number of thiol groups is 1. The van der Waals surface area contributed by atoms with E-state index in [4.69, 9.17) is 4.74 Å². The lowest BCUT2D eigenvalue weighted by Gasteiger charge is -2.19. The quantitative estimate of drug-likeness (QED) is 0.756. The molecule has 1 amide bonds. The highest BCUT2D eigenvalue weighted by Gasteiger charge is 2.29. The minimum atomic E-state index is -0.631. The Morgan fingerprint density at radius 2 is 1.58 bits per heavy atom. The van der Waals surface area contributed by atoms with Crippen LogP contribution < -0.4 is 5.32 Å². The number of hydrogen-bond acceptors (Lipinski definition) is 4. The summed E-state index contributed by atoms with van der Waals surface area (Å²) in [7, 11) is 0.